The van der Waals surface area contributed by atoms with E-state index in [-0.39, 0.29) is 0 Å². The Hall–Kier alpha value is -2.72. The predicted molar refractivity (Wildman–Crippen MR) is 121 cm³/mol. The van der Waals surface area contributed by atoms with Crippen molar-refractivity contribution in [3.63, 3.8) is 0 Å². The fourth-order valence-corrected chi connectivity index (χ4v) is 5.23. The third kappa shape index (κ3) is 2.94. The summed E-state index contributed by atoms with van der Waals surface area (Å²) in [5.74, 6) is 0.946. The van der Waals surface area contributed by atoms with E-state index in [0.29, 0.717) is 6.04 Å². The second-order valence-corrected chi connectivity index (χ2v) is 9.09. The van der Waals surface area contributed by atoms with Crippen LogP contribution in [-0.2, 0) is 12.8 Å². The van der Waals surface area contributed by atoms with Crippen molar-refractivity contribution < 1.29 is 4.74 Å². The maximum absolute atomic E-state index is 6.58. The highest BCUT2D eigenvalue weighted by molar-refractivity contribution is 9.10. The summed E-state index contributed by atoms with van der Waals surface area (Å²) in [5.41, 5.74) is 7.23. The molecule has 3 aromatic carbocycles. The van der Waals surface area contributed by atoms with E-state index in [2.05, 4.69) is 99.4 Å². The molecule has 0 amide bonds. The molecule has 0 saturated heterocycles. The quantitative estimate of drug-likeness (QED) is 0.481. The van der Waals surface area contributed by atoms with Gasteiger partial charge in [-0.3, -0.25) is 0 Å². The predicted octanol–water partition coefficient (Wildman–Crippen LogP) is 6.02. The van der Waals surface area contributed by atoms with Gasteiger partial charge in [0.25, 0.3) is 0 Å². The lowest BCUT2D eigenvalue weighted by atomic mass is 9.89. The van der Waals surface area contributed by atoms with Crippen LogP contribution in [0.3, 0.4) is 0 Å². The Morgan fingerprint density at radius 1 is 0.931 bits per heavy atom. The largest absolute Gasteiger partial charge is 0.467 e. The van der Waals surface area contributed by atoms with Crippen molar-refractivity contribution in [1.29, 1.82) is 0 Å². The summed E-state index contributed by atoms with van der Waals surface area (Å²) in [5, 5.41) is 7.36. The van der Waals surface area contributed by atoms with E-state index in [0.717, 1.165) is 29.5 Å². The molecule has 2 atom stereocenters. The van der Waals surface area contributed by atoms with Crippen LogP contribution in [0.5, 0.6) is 5.75 Å². The molecule has 0 fully saturated rings. The first kappa shape index (κ1) is 17.2. The highest BCUT2D eigenvalue weighted by Gasteiger charge is 2.43. The molecule has 2 N–H and O–H groups in total. The third-order valence-electron chi connectivity index (χ3n) is 6.13. The Kier molecular flexibility index (Phi) is 3.78. The van der Waals surface area contributed by atoms with Crippen LogP contribution in [-0.4, -0.2) is 11.8 Å². The van der Waals surface area contributed by atoms with Crippen LogP contribution >= 0.6 is 15.9 Å². The Bertz CT molecular complexity index is 1100. The lowest BCUT2D eigenvalue weighted by molar-refractivity contribution is 0.104. The highest BCUT2D eigenvalue weighted by Crippen LogP contribution is 2.47. The van der Waals surface area contributed by atoms with Gasteiger partial charge in [-0.15, -0.1) is 0 Å². The number of hydrogen-bond acceptors (Lipinski definition) is 3. The van der Waals surface area contributed by atoms with E-state index < -0.39 is 5.72 Å². The molecule has 6 rings (SSSR count). The van der Waals surface area contributed by atoms with Crippen molar-refractivity contribution >= 4 is 32.9 Å². The van der Waals surface area contributed by atoms with Gasteiger partial charge in [0, 0.05) is 40.3 Å². The summed E-state index contributed by atoms with van der Waals surface area (Å²) in [4.78, 5) is 0. The van der Waals surface area contributed by atoms with Gasteiger partial charge in [0.05, 0.1) is 0 Å². The van der Waals surface area contributed by atoms with Crippen LogP contribution < -0.4 is 15.4 Å². The van der Waals surface area contributed by atoms with Crippen LogP contribution in [0.15, 0.2) is 77.3 Å². The zero-order valence-electron chi connectivity index (χ0n) is 15.9. The molecule has 3 aliphatic rings. The SMILES string of the molecule is Brc1ccc2c(c1)/C(=C\C1Cc3ccccc3N1)CC1(Cc3ccccc3N1)O2. The minimum atomic E-state index is -0.415. The van der Waals surface area contributed by atoms with Crippen LogP contribution in [0.2, 0.25) is 0 Å². The lowest BCUT2D eigenvalue weighted by Crippen LogP contribution is -2.45. The smallest absolute Gasteiger partial charge is 0.188 e. The summed E-state index contributed by atoms with van der Waals surface area (Å²) in [6.07, 6.45) is 5.12. The third-order valence-corrected chi connectivity index (χ3v) is 6.62. The topological polar surface area (TPSA) is 33.3 Å². The van der Waals surface area contributed by atoms with E-state index in [1.165, 1.54) is 33.6 Å². The van der Waals surface area contributed by atoms with Crippen LogP contribution in [0, 0.1) is 0 Å². The Labute approximate surface area is 178 Å². The van der Waals surface area contributed by atoms with Crippen molar-refractivity contribution in [2.24, 2.45) is 0 Å². The minimum absolute atomic E-state index is 0.299. The number of para-hydroxylation sites is 2. The Morgan fingerprint density at radius 2 is 1.72 bits per heavy atom. The molecule has 0 aliphatic carbocycles. The molecule has 144 valence electrons. The summed E-state index contributed by atoms with van der Waals surface area (Å²) in [6, 6.07) is 23.7. The number of rotatable bonds is 1. The van der Waals surface area contributed by atoms with Gasteiger partial charge in [0.1, 0.15) is 5.75 Å². The van der Waals surface area contributed by atoms with E-state index >= 15 is 0 Å². The molecule has 29 heavy (non-hydrogen) atoms. The fraction of sp³-hybridized carbons (Fsp3) is 0.200. The van der Waals surface area contributed by atoms with Gasteiger partial charge >= 0.3 is 0 Å². The van der Waals surface area contributed by atoms with Gasteiger partial charge in [0.2, 0.25) is 0 Å². The molecule has 3 aliphatic heterocycles. The van der Waals surface area contributed by atoms with Crippen molar-refractivity contribution in [2.75, 3.05) is 10.6 Å². The van der Waals surface area contributed by atoms with Gasteiger partial charge in [0.15, 0.2) is 5.72 Å². The molecule has 3 aromatic rings. The summed E-state index contributed by atoms with van der Waals surface area (Å²) >= 11 is 3.64. The molecule has 0 aromatic heterocycles. The average Bonchev–Trinajstić information content (AvgIpc) is 3.28. The Balaban J connectivity index is 1.39. The molecule has 0 radical (unpaired) electrons. The normalized spacial score (nSPS) is 25.0. The fourth-order valence-electron chi connectivity index (χ4n) is 4.87. The first-order chi connectivity index (χ1) is 14.2. The number of anilines is 2. The average molecular weight is 445 g/mol. The number of fused-ring (bicyclic) bond motifs is 3. The summed E-state index contributed by atoms with van der Waals surface area (Å²) < 4.78 is 7.66. The Morgan fingerprint density at radius 3 is 2.55 bits per heavy atom. The number of benzene rings is 3. The number of hydrogen-bond donors (Lipinski definition) is 2. The second kappa shape index (κ2) is 6.39. The number of ether oxygens (including phenoxy) is 1. The summed E-state index contributed by atoms with van der Waals surface area (Å²) in [7, 11) is 0. The van der Waals surface area contributed by atoms with Crippen LogP contribution in [0.1, 0.15) is 23.1 Å². The molecular formula is C25H21BrN2O. The number of halogens is 1. The monoisotopic (exact) mass is 444 g/mol. The van der Waals surface area contributed by atoms with E-state index in [4.69, 9.17) is 4.74 Å². The van der Waals surface area contributed by atoms with E-state index in [9.17, 15) is 0 Å². The molecule has 3 heterocycles. The van der Waals surface area contributed by atoms with Gasteiger partial charge in [-0.25, -0.2) is 0 Å². The van der Waals surface area contributed by atoms with Crippen molar-refractivity contribution in [1.82, 2.24) is 0 Å². The number of nitrogens with one attached hydrogen (secondary N) is 2. The van der Waals surface area contributed by atoms with Gasteiger partial charge in [-0.05, 0) is 53.5 Å². The second-order valence-electron chi connectivity index (χ2n) is 8.18. The molecule has 0 bridgehead atoms. The highest BCUT2D eigenvalue weighted by atomic mass is 79.9. The summed E-state index contributed by atoms with van der Waals surface area (Å²) in [6.45, 7) is 0. The first-order valence-corrected chi connectivity index (χ1v) is 10.9. The zero-order valence-corrected chi connectivity index (χ0v) is 17.5. The maximum atomic E-state index is 6.58. The van der Waals surface area contributed by atoms with Crippen molar-refractivity contribution in [3.05, 3.63) is 94.0 Å². The van der Waals surface area contributed by atoms with Gasteiger partial charge in [-0.2, -0.15) is 0 Å². The van der Waals surface area contributed by atoms with Crippen molar-refractivity contribution in [2.45, 2.75) is 31.0 Å². The van der Waals surface area contributed by atoms with E-state index in [1.54, 1.807) is 0 Å². The van der Waals surface area contributed by atoms with E-state index in [1.807, 2.05) is 0 Å². The van der Waals surface area contributed by atoms with Gasteiger partial charge < -0.3 is 15.4 Å². The van der Waals surface area contributed by atoms with Crippen LogP contribution in [0.4, 0.5) is 11.4 Å². The van der Waals surface area contributed by atoms with Crippen LogP contribution in [0.25, 0.3) is 5.57 Å². The molecule has 4 heteroatoms. The maximum Gasteiger partial charge on any atom is 0.188 e. The molecule has 3 nitrogen and oxygen atoms in total. The standard InChI is InChI=1S/C25H21BrN2O/c26-19-9-10-24-21(13-19)18(12-20-11-16-5-1-3-7-22(16)27-20)15-25(29-24)14-17-6-2-4-8-23(17)28-25/h1-10,12-13,20,27-28H,11,14-15H2/b18-12-. The lowest BCUT2D eigenvalue weighted by Gasteiger charge is -2.38. The molecular weight excluding hydrogens is 424 g/mol. The molecule has 2 unspecified atom stereocenters. The molecule has 0 saturated carbocycles. The minimum Gasteiger partial charge on any atom is -0.467 e. The molecule has 1 spiro atoms. The zero-order chi connectivity index (χ0) is 19.4. The first-order valence-electron chi connectivity index (χ1n) is 10.1. The van der Waals surface area contributed by atoms with Crippen molar-refractivity contribution in [3.8, 4) is 5.75 Å². The van der Waals surface area contributed by atoms with Gasteiger partial charge in [-0.1, -0.05) is 58.4 Å².